The molecule has 0 amide bonds. The van der Waals surface area contributed by atoms with E-state index >= 15 is 0 Å². The van der Waals surface area contributed by atoms with Crippen molar-refractivity contribution in [1.82, 2.24) is 0 Å². The van der Waals surface area contributed by atoms with Gasteiger partial charge in [0.2, 0.25) is 0 Å². The van der Waals surface area contributed by atoms with E-state index in [9.17, 15) is 0 Å². The maximum Gasteiger partial charge on any atom is 0.0842 e. The largest absolute Gasteiger partial charge is 0.373 e. The number of benzene rings is 1. The van der Waals surface area contributed by atoms with Crippen LogP contribution in [0.5, 0.6) is 0 Å². The molecule has 3 rings (SSSR count). The summed E-state index contributed by atoms with van der Waals surface area (Å²) in [6, 6.07) is 8.90. The molecular formula is C15H21NOS2. The lowest BCUT2D eigenvalue weighted by Gasteiger charge is -2.32. The van der Waals surface area contributed by atoms with Crippen molar-refractivity contribution in [1.29, 1.82) is 0 Å². The highest BCUT2D eigenvalue weighted by molar-refractivity contribution is 8.06. The molecule has 3 atom stereocenters. The zero-order chi connectivity index (χ0) is 13.1. The number of hydrogen-bond acceptors (Lipinski definition) is 4. The third-order valence-corrected chi connectivity index (χ3v) is 6.84. The fourth-order valence-corrected chi connectivity index (χ4v) is 5.66. The summed E-state index contributed by atoms with van der Waals surface area (Å²) in [5, 5.41) is 0.594. The van der Waals surface area contributed by atoms with Gasteiger partial charge in [0, 0.05) is 28.6 Å². The highest BCUT2D eigenvalue weighted by Gasteiger charge is 2.27. The van der Waals surface area contributed by atoms with Crippen molar-refractivity contribution < 1.29 is 4.74 Å². The van der Waals surface area contributed by atoms with Gasteiger partial charge in [0.15, 0.2) is 0 Å². The van der Waals surface area contributed by atoms with Gasteiger partial charge in [-0.15, -0.1) is 0 Å². The van der Waals surface area contributed by atoms with Gasteiger partial charge >= 0.3 is 0 Å². The van der Waals surface area contributed by atoms with Gasteiger partial charge in [-0.2, -0.15) is 23.5 Å². The van der Waals surface area contributed by atoms with Crippen molar-refractivity contribution in [2.45, 2.75) is 30.2 Å². The first-order chi connectivity index (χ1) is 9.34. The van der Waals surface area contributed by atoms with E-state index in [1.54, 1.807) is 0 Å². The summed E-state index contributed by atoms with van der Waals surface area (Å²) in [5.74, 6) is 3.71. The van der Waals surface area contributed by atoms with Crippen LogP contribution < -0.4 is 5.73 Å². The Kier molecular flexibility index (Phi) is 4.74. The average molecular weight is 295 g/mol. The van der Waals surface area contributed by atoms with E-state index in [0.717, 1.165) is 19.4 Å². The number of rotatable bonds is 3. The molecule has 4 heteroatoms. The van der Waals surface area contributed by atoms with Crippen molar-refractivity contribution in [2.24, 2.45) is 5.73 Å². The molecule has 0 aliphatic carbocycles. The topological polar surface area (TPSA) is 35.2 Å². The first-order valence-electron chi connectivity index (χ1n) is 6.99. The molecule has 2 aliphatic heterocycles. The summed E-state index contributed by atoms with van der Waals surface area (Å²) < 4.78 is 5.97. The van der Waals surface area contributed by atoms with Crippen LogP contribution in [0.3, 0.4) is 0 Å². The molecule has 104 valence electrons. The van der Waals surface area contributed by atoms with Gasteiger partial charge in [-0.1, -0.05) is 24.3 Å². The Labute approximate surface area is 123 Å². The molecular weight excluding hydrogens is 274 g/mol. The predicted molar refractivity (Wildman–Crippen MR) is 85.0 cm³/mol. The molecule has 0 aromatic heterocycles. The Morgan fingerprint density at radius 1 is 1.32 bits per heavy atom. The monoisotopic (exact) mass is 295 g/mol. The highest BCUT2D eigenvalue weighted by Crippen LogP contribution is 2.34. The summed E-state index contributed by atoms with van der Waals surface area (Å²) in [5.41, 5.74) is 9.22. The second-order valence-electron chi connectivity index (χ2n) is 5.19. The Morgan fingerprint density at radius 3 is 3.05 bits per heavy atom. The lowest BCUT2D eigenvalue weighted by atomic mass is 9.93. The fraction of sp³-hybridized carbons (Fsp3) is 0.600. The van der Waals surface area contributed by atoms with Gasteiger partial charge < -0.3 is 10.5 Å². The standard InChI is InChI=1S/C15H21NOS2/c16-13(15-10-18-7-8-19-15)9-14-12-4-2-1-3-11(12)5-6-17-14/h1-4,13-15H,5-10,16H2. The van der Waals surface area contributed by atoms with E-state index in [2.05, 4.69) is 24.3 Å². The van der Waals surface area contributed by atoms with Crippen molar-refractivity contribution in [3.05, 3.63) is 35.4 Å². The predicted octanol–water partition coefficient (Wildman–Crippen LogP) is 2.87. The minimum absolute atomic E-state index is 0.201. The molecule has 1 saturated heterocycles. The van der Waals surface area contributed by atoms with Gasteiger partial charge in [-0.25, -0.2) is 0 Å². The van der Waals surface area contributed by atoms with Gasteiger partial charge in [-0.3, -0.25) is 0 Å². The lowest BCUT2D eigenvalue weighted by Crippen LogP contribution is -2.38. The molecule has 1 aromatic carbocycles. The van der Waals surface area contributed by atoms with Gasteiger partial charge in [0.25, 0.3) is 0 Å². The fourth-order valence-electron chi connectivity index (χ4n) is 2.82. The van der Waals surface area contributed by atoms with Crippen LogP contribution in [0.2, 0.25) is 0 Å². The molecule has 0 bridgehead atoms. The summed E-state index contributed by atoms with van der Waals surface area (Å²) in [7, 11) is 0. The Morgan fingerprint density at radius 2 is 2.21 bits per heavy atom. The first kappa shape index (κ1) is 13.8. The van der Waals surface area contributed by atoms with E-state index in [1.165, 1.54) is 28.4 Å². The van der Waals surface area contributed by atoms with Crippen LogP contribution in [0, 0.1) is 0 Å². The normalized spacial score (nSPS) is 28.7. The minimum atomic E-state index is 0.201. The number of ether oxygens (including phenoxy) is 1. The third-order valence-electron chi connectivity index (χ3n) is 3.90. The van der Waals surface area contributed by atoms with E-state index in [1.807, 2.05) is 23.5 Å². The maximum absolute atomic E-state index is 6.42. The Hall–Kier alpha value is -0.160. The summed E-state index contributed by atoms with van der Waals surface area (Å²) in [4.78, 5) is 0. The van der Waals surface area contributed by atoms with Crippen LogP contribution >= 0.6 is 23.5 Å². The number of nitrogens with two attached hydrogens (primary N) is 1. The maximum atomic E-state index is 6.42. The molecule has 3 unspecified atom stereocenters. The van der Waals surface area contributed by atoms with Crippen LogP contribution in [0.4, 0.5) is 0 Å². The van der Waals surface area contributed by atoms with Gasteiger partial charge in [-0.05, 0) is 24.0 Å². The second-order valence-corrected chi connectivity index (χ2v) is 7.69. The lowest BCUT2D eigenvalue weighted by molar-refractivity contribution is 0.0323. The molecule has 0 radical (unpaired) electrons. The quantitative estimate of drug-likeness (QED) is 0.930. The summed E-state index contributed by atoms with van der Waals surface area (Å²) >= 11 is 4.08. The number of fused-ring (bicyclic) bond motifs is 1. The molecule has 1 fully saturated rings. The first-order valence-corrected chi connectivity index (χ1v) is 9.19. The molecule has 2 N–H and O–H groups in total. The summed E-state index contributed by atoms with van der Waals surface area (Å²) in [6.45, 7) is 0.834. The van der Waals surface area contributed by atoms with Crippen LogP contribution in [0.1, 0.15) is 23.7 Å². The minimum Gasteiger partial charge on any atom is -0.373 e. The third kappa shape index (κ3) is 3.30. The van der Waals surface area contributed by atoms with Crippen molar-refractivity contribution in [2.75, 3.05) is 23.9 Å². The highest BCUT2D eigenvalue weighted by atomic mass is 32.2. The smallest absolute Gasteiger partial charge is 0.0842 e. The van der Waals surface area contributed by atoms with E-state index in [-0.39, 0.29) is 12.1 Å². The van der Waals surface area contributed by atoms with Crippen molar-refractivity contribution in [3.63, 3.8) is 0 Å². The molecule has 1 aromatic rings. The van der Waals surface area contributed by atoms with Crippen LogP contribution in [0.25, 0.3) is 0 Å². The molecule has 2 nitrogen and oxygen atoms in total. The molecule has 2 aliphatic rings. The Balaban J connectivity index is 1.66. The second kappa shape index (κ2) is 6.53. The van der Waals surface area contributed by atoms with Crippen LogP contribution in [-0.4, -0.2) is 35.2 Å². The Bertz CT molecular complexity index is 420. The molecule has 19 heavy (non-hydrogen) atoms. The van der Waals surface area contributed by atoms with E-state index in [0.29, 0.717) is 5.25 Å². The number of thioether (sulfide) groups is 2. The van der Waals surface area contributed by atoms with E-state index in [4.69, 9.17) is 10.5 Å². The zero-order valence-electron chi connectivity index (χ0n) is 11.1. The SMILES string of the molecule is NC(CC1OCCc2ccccc21)C1CSCCS1. The van der Waals surface area contributed by atoms with Crippen molar-refractivity contribution >= 4 is 23.5 Å². The van der Waals surface area contributed by atoms with E-state index < -0.39 is 0 Å². The van der Waals surface area contributed by atoms with Crippen LogP contribution in [0.15, 0.2) is 24.3 Å². The van der Waals surface area contributed by atoms with Gasteiger partial charge in [0.1, 0.15) is 0 Å². The number of hydrogen-bond donors (Lipinski definition) is 1. The van der Waals surface area contributed by atoms with Crippen molar-refractivity contribution in [3.8, 4) is 0 Å². The van der Waals surface area contributed by atoms with Gasteiger partial charge in [0.05, 0.1) is 12.7 Å². The zero-order valence-corrected chi connectivity index (χ0v) is 12.7. The molecule has 2 heterocycles. The summed E-state index contributed by atoms with van der Waals surface area (Å²) in [6.07, 6.45) is 2.19. The molecule has 0 spiro atoms. The molecule has 0 saturated carbocycles. The average Bonchev–Trinajstić information content (AvgIpc) is 2.48. The van der Waals surface area contributed by atoms with Crippen LogP contribution in [-0.2, 0) is 11.2 Å².